The Morgan fingerprint density at radius 1 is 1.40 bits per heavy atom. The molecule has 0 fully saturated rings. The van der Waals surface area contributed by atoms with E-state index in [0.717, 1.165) is 5.56 Å². The molecule has 0 radical (unpaired) electrons. The molecule has 0 aliphatic rings. The predicted octanol–water partition coefficient (Wildman–Crippen LogP) is 1.34. The van der Waals surface area contributed by atoms with E-state index in [-0.39, 0.29) is 0 Å². The van der Waals surface area contributed by atoms with E-state index in [1.807, 2.05) is 18.2 Å². The van der Waals surface area contributed by atoms with Gasteiger partial charge in [0.15, 0.2) is 6.10 Å². The number of rotatable bonds is 5. The van der Waals surface area contributed by atoms with Crippen LogP contribution in [0.1, 0.15) is 5.56 Å². The van der Waals surface area contributed by atoms with Crippen molar-refractivity contribution in [3.63, 3.8) is 0 Å². The van der Waals surface area contributed by atoms with Crippen LogP contribution >= 0.6 is 0 Å². The fraction of sp³-hybridized carbons (Fsp3) is 0.364. The second-order valence-electron chi connectivity index (χ2n) is 3.08. The zero-order chi connectivity index (χ0) is 11.3. The van der Waals surface area contributed by atoms with E-state index in [4.69, 9.17) is 14.6 Å². The number of carboxylic acid groups (broad SMARTS) is 1. The molecule has 0 saturated heterocycles. The molecule has 0 spiro atoms. The van der Waals surface area contributed by atoms with Gasteiger partial charge in [0.1, 0.15) is 5.75 Å². The van der Waals surface area contributed by atoms with Crippen molar-refractivity contribution in [1.82, 2.24) is 0 Å². The number of methoxy groups -OCH3 is 2. The summed E-state index contributed by atoms with van der Waals surface area (Å²) in [4.78, 5) is 10.8. The zero-order valence-electron chi connectivity index (χ0n) is 8.77. The lowest BCUT2D eigenvalue weighted by Gasteiger charge is -2.12. The third kappa shape index (κ3) is 2.95. The monoisotopic (exact) mass is 210 g/mol. The molecule has 0 aliphatic carbocycles. The smallest absolute Gasteiger partial charge is 0.333 e. The van der Waals surface area contributed by atoms with Gasteiger partial charge in [-0.15, -0.1) is 0 Å². The topological polar surface area (TPSA) is 55.8 Å². The Bertz CT molecular complexity index is 335. The molecule has 0 heterocycles. The largest absolute Gasteiger partial charge is 0.496 e. The maximum Gasteiger partial charge on any atom is 0.333 e. The summed E-state index contributed by atoms with van der Waals surface area (Å²) in [5.41, 5.74) is 0.828. The molecule has 0 bridgehead atoms. The molecule has 4 nitrogen and oxygen atoms in total. The van der Waals surface area contributed by atoms with Gasteiger partial charge < -0.3 is 14.6 Å². The van der Waals surface area contributed by atoms with Crippen LogP contribution in [-0.4, -0.2) is 31.4 Å². The van der Waals surface area contributed by atoms with Crippen molar-refractivity contribution in [3.05, 3.63) is 29.8 Å². The minimum atomic E-state index is -0.969. The predicted molar refractivity (Wildman–Crippen MR) is 55.1 cm³/mol. The molecule has 1 aromatic rings. The van der Waals surface area contributed by atoms with Crippen molar-refractivity contribution < 1.29 is 19.4 Å². The van der Waals surface area contributed by atoms with Crippen molar-refractivity contribution in [2.75, 3.05) is 14.2 Å². The Balaban J connectivity index is 2.82. The van der Waals surface area contributed by atoms with Crippen LogP contribution in [0.5, 0.6) is 5.75 Å². The van der Waals surface area contributed by atoms with Gasteiger partial charge in [-0.3, -0.25) is 0 Å². The van der Waals surface area contributed by atoms with Crippen LogP contribution in [0.3, 0.4) is 0 Å². The molecule has 0 saturated carbocycles. The van der Waals surface area contributed by atoms with Crippen molar-refractivity contribution >= 4 is 5.97 Å². The second kappa shape index (κ2) is 5.36. The molecule has 1 aromatic carbocycles. The number of carbonyl (C=O) groups is 1. The molecule has 0 amide bonds. The van der Waals surface area contributed by atoms with Crippen LogP contribution in [0.25, 0.3) is 0 Å². The zero-order valence-corrected chi connectivity index (χ0v) is 8.77. The summed E-state index contributed by atoms with van der Waals surface area (Å²) in [6, 6.07) is 7.30. The number of ether oxygens (including phenoxy) is 2. The minimum absolute atomic E-state index is 0.301. The van der Waals surface area contributed by atoms with Gasteiger partial charge in [-0.05, 0) is 11.6 Å². The molecule has 1 rings (SSSR count). The van der Waals surface area contributed by atoms with E-state index >= 15 is 0 Å². The summed E-state index contributed by atoms with van der Waals surface area (Å²) in [5, 5.41) is 8.83. The molecule has 0 unspecified atom stereocenters. The molecule has 0 aromatic heterocycles. The highest BCUT2D eigenvalue weighted by molar-refractivity contribution is 5.72. The third-order valence-corrected chi connectivity index (χ3v) is 2.16. The summed E-state index contributed by atoms with van der Waals surface area (Å²) in [6.07, 6.45) is -0.531. The normalized spacial score (nSPS) is 12.1. The number of hydrogen-bond donors (Lipinski definition) is 1. The lowest BCUT2D eigenvalue weighted by atomic mass is 10.1. The summed E-state index contributed by atoms with van der Waals surface area (Å²) in [5.74, 6) is -0.288. The quantitative estimate of drug-likeness (QED) is 0.796. The highest BCUT2D eigenvalue weighted by atomic mass is 16.5. The number of para-hydroxylation sites is 1. The lowest BCUT2D eigenvalue weighted by molar-refractivity contribution is -0.148. The number of hydrogen-bond acceptors (Lipinski definition) is 3. The Labute approximate surface area is 88.4 Å². The molecule has 15 heavy (non-hydrogen) atoms. The van der Waals surface area contributed by atoms with Crippen molar-refractivity contribution in [3.8, 4) is 5.75 Å². The van der Waals surface area contributed by atoms with E-state index in [9.17, 15) is 4.79 Å². The number of aliphatic carboxylic acids is 1. The molecule has 82 valence electrons. The Kier molecular flexibility index (Phi) is 4.12. The SMILES string of the molecule is COc1ccccc1C[C@@H](OC)C(=O)O. The van der Waals surface area contributed by atoms with Crippen molar-refractivity contribution in [2.45, 2.75) is 12.5 Å². The molecule has 0 aliphatic heterocycles. The highest BCUT2D eigenvalue weighted by Crippen LogP contribution is 2.19. The minimum Gasteiger partial charge on any atom is -0.496 e. The van der Waals surface area contributed by atoms with Gasteiger partial charge in [-0.25, -0.2) is 4.79 Å². The number of benzene rings is 1. The highest BCUT2D eigenvalue weighted by Gasteiger charge is 2.18. The van der Waals surface area contributed by atoms with E-state index in [1.54, 1.807) is 13.2 Å². The first-order valence-electron chi connectivity index (χ1n) is 4.56. The second-order valence-corrected chi connectivity index (χ2v) is 3.08. The van der Waals surface area contributed by atoms with Gasteiger partial charge >= 0.3 is 5.97 Å². The fourth-order valence-corrected chi connectivity index (χ4v) is 1.34. The van der Waals surface area contributed by atoms with Crippen LogP contribution < -0.4 is 4.74 Å². The maximum atomic E-state index is 10.8. The van der Waals surface area contributed by atoms with Gasteiger partial charge in [0, 0.05) is 13.5 Å². The molecule has 1 atom stereocenters. The summed E-state index contributed by atoms with van der Waals surface area (Å²) >= 11 is 0. The Morgan fingerprint density at radius 2 is 2.07 bits per heavy atom. The third-order valence-electron chi connectivity index (χ3n) is 2.16. The molecule has 1 N–H and O–H groups in total. The van der Waals surface area contributed by atoms with E-state index in [0.29, 0.717) is 12.2 Å². The molecular weight excluding hydrogens is 196 g/mol. The molecular formula is C11H14O4. The van der Waals surface area contributed by atoms with Crippen LogP contribution in [0.4, 0.5) is 0 Å². The summed E-state index contributed by atoms with van der Waals surface area (Å²) in [6.45, 7) is 0. The van der Waals surface area contributed by atoms with E-state index in [1.165, 1.54) is 7.11 Å². The first-order valence-corrected chi connectivity index (χ1v) is 4.56. The molecule has 4 heteroatoms. The standard InChI is InChI=1S/C11H14O4/c1-14-9-6-4-3-5-8(9)7-10(15-2)11(12)13/h3-6,10H,7H2,1-2H3,(H,12,13)/t10-/m1/s1. The van der Waals surface area contributed by atoms with E-state index in [2.05, 4.69) is 0 Å². The van der Waals surface area contributed by atoms with Gasteiger partial charge in [-0.1, -0.05) is 18.2 Å². The summed E-state index contributed by atoms with van der Waals surface area (Å²) in [7, 11) is 2.94. The first kappa shape index (κ1) is 11.5. The summed E-state index contributed by atoms with van der Waals surface area (Å²) < 4.78 is 9.98. The average Bonchev–Trinajstić information content (AvgIpc) is 2.25. The fourth-order valence-electron chi connectivity index (χ4n) is 1.34. The Morgan fingerprint density at radius 3 is 2.60 bits per heavy atom. The van der Waals surface area contributed by atoms with E-state index < -0.39 is 12.1 Å². The van der Waals surface area contributed by atoms with Gasteiger partial charge in [0.25, 0.3) is 0 Å². The van der Waals surface area contributed by atoms with Crippen molar-refractivity contribution in [2.24, 2.45) is 0 Å². The van der Waals surface area contributed by atoms with Crippen LogP contribution in [0.15, 0.2) is 24.3 Å². The van der Waals surface area contributed by atoms with Gasteiger partial charge in [0.05, 0.1) is 7.11 Å². The van der Waals surface area contributed by atoms with Crippen LogP contribution in [0, 0.1) is 0 Å². The maximum absolute atomic E-state index is 10.8. The Hall–Kier alpha value is -1.55. The number of carboxylic acids is 1. The van der Waals surface area contributed by atoms with Gasteiger partial charge in [-0.2, -0.15) is 0 Å². The lowest BCUT2D eigenvalue weighted by Crippen LogP contribution is -2.25. The van der Waals surface area contributed by atoms with Crippen molar-refractivity contribution in [1.29, 1.82) is 0 Å². The van der Waals surface area contributed by atoms with Gasteiger partial charge in [0.2, 0.25) is 0 Å². The van der Waals surface area contributed by atoms with Crippen LogP contribution in [0.2, 0.25) is 0 Å². The first-order chi connectivity index (χ1) is 7.19. The average molecular weight is 210 g/mol. The van der Waals surface area contributed by atoms with Crippen LogP contribution in [-0.2, 0) is 16.0 Å².